The van der Waals surface area contributed by atoms with Gasteiger partial charge in [-0.05, 0) is 18.1 Å². The van der Waals surface area contributed by atoms with Gasteiger partial charge in [-0.2, -0.15) is 5.26 Å². The Morgan fingerprint density at radius 3 is 2.44 bits per heavy atom. The summed E-state index contributed by atoms with van der Waals surface area (Å²) >= 11 is 12.4. The Hall–Kier alpha value is -2.76. The lowest BCUT2D eigenvalue weighted by atomic mass is 10.1. The molecule has 27 heavy (non-hydrogen) atoms. The average molecular weight is 411 g/mol. The highest BCUT2D eigenvalue weighted by atomic mass is 35.5. The Balaban J connectivity index is 2.46. The fraction of sp³-hybridized carbons (Fsp3) is 0.294. The molecule has 0 unspecified atom stereocenters. The van der Waals surface area contributed by atoms with Crippen LogP contribution in [-0.2, 0) is 7.05 Å². The van der Waals surface area contributed by atoms with Crippen LogP contribution in [0.2, 0.25) is 10.0 Å². The molecule has 0 aliphatic rings. The molecule has 142 valence electrons. The number of hydrogen-bond donors (Lipinski definition) is 1. The Kier molecular flexibility index (Phi) is 6.31. The van der Waals surface area contributed by atoms with E-state index in [0.717, 1.165) is 9.58 Å². The summed E-state index contributed by atoms with van der Waals surface area (Å²) in [7, 11) is 1.50. The number of carboxylic acid groups (broad SMARTS) is 1. The van der Waals surface area contributed by atoms with E-state index in [4.69, 9.17) is 33.2 Å². The van der Waals surface area contributed by atoms with Crippen LogP contribution in [0, 0.1) is 11.3 Å². The van der Waals surface area contributed by atoms with E-state index < -0.39 is 6.09 Å². The van der Waals surface area contributed by atoms with Gasteiger partial charge in [-0.1, -0.05) is 37.0 Å². The van der Waals surface area contributed by atoms with Gasteiger partial charge >= 0.3 is 6.09 Å². The Morgan fingerprint density at radius 1 is 1.37 bits per heavy atom. The summed E-state index contributed by atoms with van der Waals surface area (Å²) in [4.78, 5) is 24.2. The molecule has 0 saturated heterocycles. The van der Waals surface area contributed by atoms with Crippen LogP contribution in [0.25, 0.3) is 0 Å². The van der Waals surface area contributed by atoms with Crippen LogP contribution in [0.1, 0.15) is 25.3 Å². The lowest BCUT2D eigenvalue weighted by Crippen LogP contribution is -2.29. The third kappa shape index (κ3) is 4.51. The van der Waals surface area contributed by atoms with Gasteiger partial charge in [0.25, 0.3) is 5.56 Å². The molecular formula is C17H16Cl2N4O4. The van der Waals surface area contributed by atoms with E-state index in [1.807, 2.05) is 13.8 Å². The molecule has 0 radical (unpaired) electrons. The van der Waals surface area contributed by atoms with Gasteiger partial charge in [-0.15, -0.1) is 5.10 Å². The molecule has 1 heterocycles. The van der Waals surface area contributed by atoms with E-state index in [2.05, 4.69) is 5.10 Å². The van der Waals surface area contributed by atoms with Crippen LogP contribution in [0.4, 0.5) is 10.5 Å². The van der Waals surface area contributed by atoms with Crippen LogP contribution >= 0.6 is 23.2 Å². The van der Waals surface area contributed by atoms with Gasteiger partial charge in [0.1, 0.15) is 6.54 Å². The van der Waals surface area contributed by atoms with Crippen molar-refractivity contribution in [3.8, 4) is 17.7 Å². The molecule has 0 aliphatic carbocycles. The molecule has 0 saturated carbocycles. The summed E-state index contributed by atoms with van der Waals surface area (Å²) in [6, 6.07) is 5.90. The van der Waals surface area contributed by atoms with Gasteiger partial charge in [0.2, 0.25) is 5.88 Å². The van der Waals surface area contributed by atoms with Gasteiger partial charge in [0.05, 0.1) is 21.8 Å². The maximum Gasteiger partial charge on any atom is 0.412 e. The standard InChI is InChI=1S/C17H16Cl2N4O4/c1-9(2)11-8-14(21-22(3)16(11)24)27-15-12(18)6-10(7-13(15)19)23(5-4-20)17(25)26/h6-9H,5H2,1-3H3,(H,25,26). The van der Waals surface area contributed by atoms with Crippen molar-refractivity contribution in [2.45, 2.75) is 19.8 Å². The number of nitriles is 1. The molecule has 2 aromatic rings. The van der Waals surface area contributed by atoms with Crippen LogP contribution < -0.4 is 15.2 Å². The zero-order chi connectivity index (χ0) is 20.3. The SMILES string of the molecule is CC(C)c1cc(Oc2c(Cl)cc(N(CC#N)C(=O)O)cc2Cl)nn(C)c1=O. The topological polar surface area (TPSA) is 108 Å². The summed E-state index contributed by atoms with van der Waals surface area (Å²) < 4.78 is 6.81. The summed E-state index contributed by atoms with van der Waals surface area (Å²) in [5, 5.41) is 22.1. The second kappa shape index (κ2) is 8.29. The number of halogens is 2. The van der Waals surface area contributed by atoms with Gasteiger partial charge < -0.3 is 9.84 Å². The Labute approximate surface area is 165 Å². The number of anilines is 1. The van der Waals surface area contributed by atoms with Crippen molar-refractivity contribution < 1.29 is 14.6 Å². The molecule has 0 spiro atoms. The zero-order valence-electron chi connectivity index (χ0n) is 14.7. The molecule has 1 aromatic carbocycles. The number of aromatic nitrogens is 2. The Bertz CT molecular complexity index is 959. The second-order valence-electron chi connectivity index (χ2n) is 5.89. The predicted octanol–water partition coefficient (Wildman–Crippen LogP) is 4.01. The van der Waals surface area contributed by atoms with E-state index in [0.29, 0.717) is 5.56 Å². The minimum Gasteiger partial charge on any atom is -0.465 e. The minimum absolute atomic E-state index is 0.0310. The van der Waals surface area contributed by atoms with Crippen LogP contribution in [0.3, 0.4) is 0 Å². The summed E-state index contributed by atoms with van der Waals surface area (Å²) in [6.07, 6.45) is -1.32. The van der Waals surface area contributed by atoms with Crippen molar-refractivity contribution >= 4 is 35.0 Å². The van der Waals surface area contributed by atoms with Crippen molar-refractivity contribution in [1.82, 2.24) is 9.78 Å². The molecule has 0 bridgehead atoms. The first-order chi connectivity index (χ1) is 12.6. The smallest absolute Gasteiger partial charge is 0.412 e. The van der Waals surface area contributed by atoms with E-state index in [1.165, 1.54) is 25.2 Å². The van der Waals surface area contributed by atoms with Crippen molar-refractivity contribution in [3.63, 3.8) is 0 Å². The Morgan fingerprint density at radius 2 is 1.96 bits per heavy atom. The quantitative estimate of drug-likeness (QED) is 0.745. The number of nitrogens with zero attached hydrogens (tertiary/aromatic N) is 4. The predicted molar refractivity (Wildman–Crippen MR) is 101 cm³/mol. The molecular weight excluding hydrogens is 395 g/mol. The molecule has 0 fully saturated rings. The number of ether oxygens (including phenoxy) is 1. The minimum atomic E-state index is -1.32. The van der Waals surface area contributed by atoms with Gasteiger partial charge in [0, 0.05) is 18.7 Å². The lowest BCUT2D eigenvalue weighted by Gasteiger charge is -2.18. The maximum atomic E-state index is 12.1. The van der Waals surface area contributed by atoms with Gasteiger partial charge in [-0.25, -0.2) is 9.48 Å². The highest BCUT2D eigenvalue weighted by molar-refractivity contribution is 6.37. The number of hydrogen-bond acceptors (Lipinski definition) is 5. The number of rotatable bonds is 5. The highest BCUT2D eigenvalue weighted by Gasteiger charge is 2.20. The maximum absolute atomic E-state index is 12.1. The molecule has 2 rings (SSSR count). The van der Waals surface area contributed by atoms with Crippen LogP contribution in [0.15, 0.2) is 23.0 Å². The van der Waals surface area contributed by atoms with Crippen molar-refractivity contribution in [2.75, 3.05) is 11.4 Å². The number of aryl methyl sites for hydroxylation is 1. The third-order valence-corrected chi connectivity index (χ3v) is 4.21. The number of carbonyl (C=O) groups is 1. The van der Waals surface area contributed by atoms with Crippen LogP contribution in [-0.4, -0.2) is 27.5 Å². The van der Waals surface area contributed by atoms with Crippen molar-refractivity contribution in [2.24, 2.45) is 7.05 Å². The van der Waals surface area contributed by atoms with Crippen LogP contribution in [0.5, 0.6) is 11.6 Å². The highest BCUT2D eigenvalue weighted by Crippen LogP contribution is 2.39. The number of amides is 1. The lowest BCUT2D eigenvalue weighted by molar-refractivity contribution is 0.202. The van der Waals surface area contributed by atoms with E-state index in [9.17, 15) is 14.7 Å². The van der Waals surface area contributed by atoms with E-state index in [-0.39, 0.29) is 45.4 Å². The van der Waals surface area contributed by atoms with Crippen molar-refractivity contribution in [3.05, 3.63) is 44.2 Å². The monoisotopic (exact) mass is 410 g/mol. The molecule has 1 amide bonds. The fourth-order valence-electron chi connectivity index (χ4n) is 2.31. The molecule has 0 atom stereocenters. The average Bonchev–Trinajstić information content (AvgIpc) is 2.58. The molecule has 0 aliphatic heterocycles. The first-order valence-corrected chi connectivity index (χ1v) is 8.53. The first-order valence-electron chi connectivity index (χ1n) is 7.78. The summed E-state index contributed by atoms with van der Waals surface area (Å²) in [6.45, 7) is 3.35. The fourth-order valence-corrected chi connectivity index (χ4v) is 2.86. The first kappa shape index (κ1) is 20.6. The summed E-state index contributed by atoms with van der Waals surface area (Å²) in [5.41, 5.74) is 0.402. The van der Waals surface area contributed by atoms with E-state index in [1.54, 1.807) is 6.07 Å². The van der Waals surface area contributed by atoms with E-state index >= 15 is 0 Å². The third-order valence-electron chi connectivity index (χ3n) is 3.65. The molecule has 1 N–H and O–H groups in total. The molecule has 10 heteroatoms. The van der Waals surface area contributed by atoms with Gasteiger partial charge in [0.15, 0.2) is 5.75 Å². The van der Waals surface area contributed by atoms with Crippen molar-refractivity contribution in [1.29, 1.82) is 5.26 Å². The summed E-state index contributed by atoms with van der Waals surface area (Å²) in [5.74, 6) is 0.132. The zero-order valence-corrected chi connectivity index (χ0v) is 16.2. The normalized spacial score (nSPS) is 10.6. The number of benzene rings is 1. The largest absolute Gasteiger partial charge is 0.465 e. The molecule has 8 nitrogen and oxygen atoms in total. The molecule has 1 aromatic heterocycles. The second-order valence-corrected chi connectivity index (χ2v) is 6.70. The van der Waals surface area contributed by atoms with Gasteiger partial charge in [-0.3, -0.25) is 9.69 Å².